The molecule has 1 N–H and O–H groups in total. The van der Waals surface area contributed by atoms with Gasteiger partial charge in [0, 0.05) is 37.3 Å². The minimum atomic E-state index is -2.71. The smallest absolute Gasteiger partial charge is 0.252 e. The van der Waals surface area contributed by atoms with Crippen LogP contribution in [0.15, 0.2) is 41.9 Å². The quantitative estimate of drug-likeness (QED) is 0.561. The van der Waals surface area contributed by atoms with Crippen molar-refractivity contribution in [2.45, 2.75) is 57.3 Å². The van der Waals surface area contributed by atoms with Crippen molar-refractivity contribution in [1.82, 2.24) is 24.9 Å². The molecule has 0 bridgehead atoms. The summed E-state index contributed by atoms with van der Waals surface area (Å²) >= 11 is 0. The van der Waals surface area contributed by atoms with Gasteiger partial charge in [0.05, 0.1) is 17.8 Å². The zero-order chi connectivity index (χ0) is 24.5. The Morgan fingerprint density at radius 1 is 1.17 bits per heavy atom. The van der Waals surface area contributed by atoms with Crippen molar-refractivity contribution in [2.75, 3.05) is 9.80 Å². The molecular formula is C23H22F4N8. The molecule has 1 saturated carbocycles. The summed E-state index contributed by atoms with van der Waals surface area (Å²) < 4.78 is 57.3. The Labute approximate surface area is 198 Å². The first-order valence-corrected chi connectivity index (χ1v) is 11.4. The zero-order valence-corrected chi connectivity index (χ0v) is 19.0. The van der Waals surface area contributed by atoms with Gasteiger partial charge in [-0.05, 0) is 25.5 Å². The third-order valence-electron chi connectivity index (χ3n) is 6.86. The van der Waals surface area contributed by atoms with Crippen LogP contribution in [-0.4, -0.2) is 49.5 Å². The second-order valence-corrected chi connectivity index (χ2v) is 9.03. The van der Waals surface area contributed by atoms with E-state index < -0.39 is 23.6 Å². The minimum Gasteiger partial charge on any atom is -0.344 e. The number of nitrogens with zero attached hydrogens (tertiary/aromatic N) is 7. The highest BCUT2D eigenvalue weighted by atomic mass is 19.3. The van der Waals surface area contributed by atoms with E-state index in [1.165, 1.54) is 16.8 Å². The van der Waals surface area contributed by atoms with Gasteiger partial charge in [-0.15, -0.1) is 0 Å². The lowest BCUT2D eigenvalue weighted by atomic mass is 9.84. The predicted molar refractivity (Wildman–Crippen MR) is 122 cm³/mol. The van der Waals surface area contributed by atoms with Crippen LogP contribution in [0, 0.1) is 11.6 Å². The molecule has 3 aromatic rings. The molecule has 3 aliphatic rings. The molecule has 4 heterocycles. The summed E-state index contributed by atoms with van der Waals surface area (Å²) in [5.41, 5.74) is 3.87. The molecule has 182 valence electrons. The number of alkyl halides is 2. The number of hydrogen-bond acceptors (Lipinski definition) is 7. The summed E-state index contributed by atoms with van der Waals surface area (Å²) in [6.45, 7) is 3.86. The monoisotopic (exact) mass is 486 g/mol. The van der Waals surface area contributed by atoms with Gasteiger partial charge in [-0.25, -0.2) is 27.5 Å². The third-order valence-corrected chi connectivity index (χ3v) is 6.86. The van der Waals surface area contributed by atoms with Crippen molar-refractivity contribution in [3.63, 3.8) is 0 Å². The highest BCUT2D eigenvalue weighted by Crippen LogP contribution is 2.48. The van der Waals surface area contributed by atoms with E-state index >= 15 is 0 Å². The van der Waals surface area contributed by atoms with Gasteiger partial charge in [0.1, 0.15) is 35.1 Å². The summed E-state index contributed by atoms with van der Waals surface area (Å²) in [7, 11) is 0. The van der Waals surface area contributed by atoms with E-state index in [-0.39, 0.29) is 42.4 Å². The number of fused-ring (bicyclic) bond motifs is 3. The number of halogens is 4. The molecule has 8 nitrogen and oxygen atoms in total. The van der Waals surface area contributed by atoms with Crippen LogP contribution in [-0.2, 0) is 0 Å². The van der Waals surface area contributed by atoms with Crippen LogP contribution in [0.3, 0.4) is 0 Å². The predicted octanol–water partition coefficient (Wildman–Crippen LogP) is 4.07. The Balaban J connectivity index is 1.48. The van der Waals surface area contributed by atoms with Gasteiger partial charge >= 0.3 is 0 Å². The second kappa shape index (κ2) is 7.65. The van der Waals surface area contributed by atoms with Gasteiger partial charge in [-0.3, -0.25) is 14.9 Å². The molecule has 0 amide bonds. The Kier molecular flexibility index (Phi) is 4.77. The number of hydrogen-bond donors (Lipinski definition) is 1. The number of aromatic nitrogens is 4. The van der Waals surface area contributed by atoms with Crippen LogP contribution in [0.25, 0.3) is 17.3 Å². The standard InChI is InChI=1S/C23H22F4N8/c1-3-17-21-32-31-12(2)34(21)18-11-29-22(30-20(18)35(17)14-9-23(26,27)10-14)33-7-6-28-19(33)15-5-4-13(24)8-16(15)25/h4-8,11,14,17,21,32H,3,9-10H2,1-2H3/t17-,21?/m1/s1. The molecule has 2 aromatic heterocycles. The second-order valence-electron chi connectivity index (χ2n) is 9.03. The third kappa shape index (κ3) is 3.34. The summed E-state index contributed by atoms with van der Waals surface area (Å²) in [6, 6.07) is 2.69. The first-order valence-electron chi connectivity index (χ1n) is 11.4. The zero-order valence-electron chi connectivity index (χ0n) is 19.0. The molecule has 12 heteroatoms. The fraction of sp³-hybridized carbons (Fsp3) is 0.391. The van der Waals surface area contributed by atoms with Gasteiger partial charge in [0.2, 0.25) is 5.95 Å². The fourth-order valence-corrected chi connectivity index (χ4v) is 5.22. The molecule has 0 saturated heterocycles. The molecule has 2 atom stereocenters. The van der Waals surface area contributed by atoms with Crippen LogP contribution >= 0.6 is 0 Å². The highest BCUT2D eigenvalue weighted by molar-refractivity contribution is 6.01. The van der Waals surface area contributed by atoms with Crippen molar-refractivity contribution in [3.05, 3.63) is 48.4 Å². The Morgan fingerprint density at radius 3 is 2.69 bits per heavy atom. The number of nitrogens with one attached hydrogen (secondary N) is 1. The van der Waals surface area contributed by atoms with Gasteiger partial charge in [0.15, 0.2) is 5.82 Å². The number of anilines is 2. The average Bonchev–Trinajstić information content (AvgIpc) is 3.43. The van der Waals surface area contributed by atoms with Crippen molar-refractivity contribution < 1.29 is 17.6 Å². The van der Waals surface area contributed by atoms with Gasteiger partial charge in [0.25, 0.3) is 5.92 Å². The van der Waals surface area contributed by atoms with E-state index in [9.17, 15) is 17.6 Å². The van der Waals surface area contributed by atoms with Crippen molar-refractivity contribution >= 4 is 17.3 Å². The first kappa shape index (κ1) is 21.8. The molecule has 0 radical (unpaired) electrons. The summed E-state index contributed by atoms with van der Waals surface area (Å²) in [5.74, 6) is -2.53. The summed E-state index contributed by atoms with van der Waals surface area (Å²) in [6.07, 6.45) is 4.60. The number of rotatable bonds is 4. The molecular weight excluding hydrogens is 464 g/mol. The summed E-state index contributed by atoms with van der Waals surface area (Å²) in [5, 5.41) is 4.36. The maximum Gasteiger partial charge on any atom is 0.252 e. The number of benzene rings is 1. The van der Waals surface area contributed by atoms with Gasteiger partial charge < -0.3 is 4.90 Å². The first-order chi connectivity index (χ1) is 16.8. The Bertz CT molecular complexity index is 1330. The lowest BCUT2D eigenvalue weighted by Gasteiger charge is -2.52. The molecule has 1 aliphatic carbocycles. The molecule has 6 rings (SSSR count). The molecule has 2 aliphatic heterocycles. The Hall–Kier alpha value is -3.70. The molecule has 1 unspecified atom stereocenters. The van der Waals surface area contributed by atoms with Gasteiger partial charge in [-0.2, -0.15) is 10.1 Å². The lowest BCUT2D eigenvalue weighted by molar-refractivity contribution is -0.0880. The molecule has 35 heavy (non-hydrogen) atoms. The van der Waals surface area contributed by atoms with Crippen molar-refractivity contribution in [2.24, 2.45) is 5.10 Å². The van der Waals surface area contributed by atoms with Crippen LogP contribution < -0.4 is 15.2 Å². The molecule has 0 spiro atoms. The number of amidine groups is 1. The van der Waals surface area contributed by atoms with E-state index in [0.717, 1.165) is 18.0 Å². The van der Waals surface area contributed by atoms with E-state index in [1.54, 1.807) is 12.4 Å². The van der Waals surface area contributed by atoms with E-state index in [1.807, 2.05) is 23.6 Å². The number of hydrazone groups is 1. The van der Waals surface area contributed by atoms with Crippen molar-refractivity contribution in [3.8, 4) is 17.3 Å². The Morgan fingerprint density at radius 2 is 1.97 bits per heavy atom. The van der Waals surface area contributed by atoms with Crippen LogP contribution in [0.4, 0.5) is 29.1 Å². The van der Waals surface area contributed by atoms with Crippen molar-refractivity contribution in [1.29, 1.82) is 0 Å². The highest BCUT2D eigenvalue weighted by Gasteiger charge is 2.54. The fourth-order valence-electron chi connectivity index (χ4n) is 5.22. The SMILES string of the molecule is CC[C@@H]1C2NN=C(C)N2c2cnc(-n3ccnc3-c3ccc(F)cc3F)nc2N1C1CC(F)(F)C1. The maximum atomic E-state index is 14.5. The largest absolute Gasteiger partial charge is 0.344 e. The lowest BCUT2D eigenvalue weighted by Crippen LogP contribution is -2.65. The van der Waals surface area contributed by atoms with Crippen LogP contribution in [0.5, 0.6) is 0 Å². The van der Waals surface area contributed by atoms with Crippen LogP contribution in [0.2, 0.25) is 0 Å². The minimum absolute atomic E-state index is 0.0893. The van der Waals surface area contributed by atoms with E-state index in [2.05, 4.69) is 20.5 Å². The topological polar surface area (TPSA) is 74.5 Å². The molecule has 1 fully saturated rings. The normalized spacial score (nSPS) is 22.9. The maximum absolute atomic E-state index is 14.5. The summed E-state index contributed by atoms with van der Waals surface area (Å²) in [4.78, 5) is 17.4. The van der Waals surface area contributed by atoms with Crippen LogP contribution in [0.1, 0.15) is 33.1 Å². The van der Waals surface area contributed by atoms with E-state index in [0.29, 0.717) is 17.9 Å². The molecule has 1 aromatic carbocycles. The average molecular weight is 486 g/mol. The van der Waals surface area contributed by atoms with Gasteiger partial charge in [-0.1, -0.05) is 6.92 Å². The van der Waals surface area contributed by atoms with E-state index in [4.69, 9.17) is 4.98 Å². The number of imidazole rings is 1.